The summed E-state index contributed by atoms with van der Waals surface area (Å²) in [5.41, 5.74) is 4.19. The summed E-state index contributed by atoms with van der Waals surface area (Å²) >= 11 is 0. The lowest BCUT2D eigenvalue weighted by atomic mass is 9.87. The van der Waals surface area contributed by atoms with Gasteiger partial charge in [0.15, 0.2) is 0 Å². The van der Waals surface area contributed by atoms with Crippen molar-refractivity contribution < 1.29 is 14.6 Å². The Balaban J connectivity index is 4.20. The second-order valence-electron chi connectivity index (χ2n) is 5.20. The first-order valence-corrected chi connectivity index (χ1v) is 4.70. The van der Waals surface area contributed by atoms with Crippen LogP contribution >= 0.6 is 0 Å². The van der Waals surface area contributed by atoms with Gasteiger partial charge in [-0.05, 0) is 20.8 Å². The Morgan fingerprint density at radius 1 is 1.36 bits per heavy atom. The first-order chi connectivity index (χ1) is 6.04. The average Bonchev–Trinajstić information content (AvgIpc) is 1.79. The van der Waals surface area contributed by atoms with Crippen LogP contribution in [0, 0.1) is 5.41 Å². The molecule has 0 aromatic carbocycles. The third kappa shape index (κ3) is 5.19. The molecule has 4 heteroatoms. The van der Waals surface area contributed by atoms with Crippen LogP contribution in [0.15, 0.2) is 0 Å². The number of hydrogen-bond acceptors (Lipinski definition) is 4. The summed E-state index contributed by atoms with van der Waals surface area (Å²) in [5, 5.41) is 9.20. The molecule has 0 aliphatic carbocycles. The number of nitrogens with two attached hydrogens (primary N) is 1. The Bertz CT molecular complexity index is 204. The Morgan fingerprint density at radius 2 is 1.79 bits per heavy atom. The molecule has 14 heavy (non-hydrogen) atoms. The topological polar surface area (TPSA) is 72.5 Å². The molecular weight excluding hydrogens is 182 g/mol. The molecule has 0 spiro atoms. The van der Waals surface area contributed by atoms with Gasteiger partial charge in [-0.25, -0.2) is 0 Å². The van der Waals surface area contributed by atoms with Crippen molar-refractivity contribution in [3.8, 4) is 0 Å². The van der Waals surface area contributed by atoms with E-state index in [0.717, 1.165) is 0 Å². The van der Waals surface area contributed by atoms with Crippen molar-refractivity contribution in [3.63, 3.8) is 0 Å². The molecule has 0 rings (SSSR count). The van der Waals surface area contributed by atoms with Crippen molar-refractivity contribution in [1.82, 2.24) is 0 Å². The summed E-state index contributed by atoms with van der Waals surface area (Å²) in [4.78, 5) is 11.4. The van der Waals surface area contributed by atoms with E-state index in [1.807, 2.05) is 0 Å². The van der Waals surface area contributed by atoms with Crippen molar-refractivity contribution in [2.24, 2.45) is 11.1 Å². The van der Waals surface area contributed by atoms with Crippen LogP contribution in [0.5, 0.6) is 0 Å². The fraction of sp³-hybridized carbons (Fsp3) is 0.900. The predicted molar refractivity (Wildman–Crippen MR) is 54.4 cm³/mol. The SMILES string of the molecule is CC(C)(C)OC(=O)CC(C)(C)C(N)O. The van der Waals surface area contributed by atoms with Gasteiger partial charge in [0.05, 0.1) is 6.42 Å². The molecule has 0 saturated heterocycles. The van der Waals surface area contributed by atoms with Crippen molar-refractivity contribution in [3.05, 3.63) is 0 Å². The summed E-state index contributed by atoms with van der Waals surface area (Å²) in [6.45, 7) is 8.85. The molecule has 0 heterocycles. The number of esters is 1. The monoisotopic (exact) mass is 203 g/mol. The van der Waals surface area contributed by atoms with Gasteiger partial charge in [0.2, 0.25) is 0 Å². The Kier molecular flexibility index (Phi) is 4.09. The van der Waals surface area contributed by atoms with Crippen LogP contribution in [0.3, 0.4) is 0 Å². The molecule has 0 bridgehead atoms. The Labute approximate surface area is 85.4 Å². The van der Waals surface area contributed by atoms with E-state index in [-0.39, 0.29) is 12.4 Å². The first-order valence-electron chi connectivity index (χ1n) is 4.70. The molecule has 0 saturated carbocycles. The molecule has 0 aliphatic rings. The fourth-order valence-electron chi connectivity index (χ4n) is 0.854. The fourth-order valence-corrected chi connectivity index (χ4v) is 0.854. The van der Waals surface area contributed by atoms with E-state index in [0.29, 0.717) is 0 Å². The molecule has 1 atom stereocenters. The van der Waals surface area contributed by atoms with E-state index in [2.05, 4.69) is 0 Å². The van der Waals surface area contributed by atoms with E-state index in [4.69, 9.17) is 10.5 Å². The molecule has 0 radical (unpaired) electrons. The first kappa shape index (κ1) is 13.4. The number of ether oxygens (including phenoxy) is 1. The summed E-state index contributed by atoms with van der Waals surface area (Å²) in [5.74, 6) is -0.341. The van der Waals surface area contributed by atoms with Crippen LogP contribution in [0.4, 0.5) is 0 Å². The van der Waals surface area contributed by atoms with Crippen molar-refractivity contribution >= 4 is 5.97 Å². The lowest BCUT2D eigenvalue weighted by molar-refractivity contribution is -0.159. The van der Waals surface area contributed by atoms with Gasteiger partial charge >= 0.3 is 5.97 Å². The molecule has 0 amide bonds. The highest BCUT2D eigenvalue weighted by molar-refractivity contribution is 5.70. The van der Waals surface area contributed by atoms with Gasteiger partial charge in [0.25, 0.3) is 0 Å². The molecule has 84 valence electrons. The van der Waals surface area contributed by atoms with Gasteiger partial charge in [-0.15, -0.1) is 0 Å². The normalized spacial score (nSPS) is 15.1. The highest BCUT2D eigenvalue weighted by atomic mass is 16.6. The Morgan fingerprint density at radius 3 is 2.07 bits per heavy atom. The minimum Gasteiger partial charge on any atom is -0.460 e. The molecule has 0 fully saturated rings. The van der Waals surface area contributed by atoms with Gasteiger partial charge in [-0.1, -0.05) is 13.8 Å². The number of carbonyl (C=O) groups is 1. The van der Waals surface area contributed by atoms with Crippen LogP contribution < -0.4 is 5.73 Å². The molecule has 4 nitrogen and oxygen atoms in total. The van der Waals surface area contributed by atoms with Crippen LogP contribution in [0.2, 0.25) is 0 Å². The smallest absolute Gasteiger partial charge is 0.307 e. The molecule has 3 N–H and O–H groups in total. The van der Waals surface area contributed by atoms with E-state index in [1.165, 1.54) is 0 Å². The summed E-state index contributed by atoms with van der Waals surface area (Å²) in [6, 6.07) is 0. The highest BCUT2D eigenvalue weighted by Crippen LogP contribution is 2.24. The van der Waals surface area contributed by atoms with Gasteiger partial charge in [0, 0.05) is 5.41 Å². The predicted octanol–water partition coefficient (Wildman–Crippen LogP) is 1.02. The lowest BCUT2D eigenvalue weighted by Crippen LogP contribution is -2.39. The van der Waals surface area contributed by atoms with Crippen LogP contribution in [0.25, 0.3) is 0 Å². The molecule has 0 aromatic heterocycles. The number of aliphatic hydroxyl groups excluding tert-OH is 1. The second-order valence-corrected chi connectivity index (χ2v) is 5.20. The minimum absolute atomic E-state index is 0.113. The zero-order valence-electron chi connectivity index (χ0n) is 9.63. The summed E-state index contributed by atoms with van der Waals surface area (Å²) < 4.78 is 5.12. The highest BCUT2D eigenvalue weighted by Gasteiger charge is 2.30. The number of hydrogen-bond donors (Lipinski definition) is 2. The number of aliphatic hydroxyl groups is 1. The van der Waals surface area contributed by atoms with E-state index in [9.17, 15) is 9.90 Å². The lowest BCUT2D eigenvalue weighted by Gasteiger charge is -2.28. The molecule has 0 aliphatic heterocycles. The van der Waals surface area contributed by atoms with Gasteiger partial charge in [-0.3, -0.25) is 4.79 Å². The minimum atomic E-state index is -1.02. The van der Waals surface area contributed by atoms with Gasteiger partial charge in [-0.2, -0.15) is 0 Å². The van der Waals surface area contributed by atoms with E-state index in [1.54, 1.807) is 34.6 Å². The van der Waals surface area contributed by atoms with Crippen LogP contribution in [-0.4, -0.2) is 22.9 Å². The summed E-state index contributed by atoms with van der Waals surface area (Å²) in [7, 11) is 0. The van der Waals surface area contributed by atoms with E-state index >= 15 is 0 Å². The zero-order chi connectivity index (χ0) is 11.6. The average molecular weight is 203 g/mol. The zero-order valence-corrected chi connectivity index (χ0v) is 9.63. The Hall–Kier alpha value is -0.610. The third-order valence-corrected chi connectivity index (χ3v) is 1.82. The third-order valence-electron chi connectivity index (χ3n) is 1.82. The maximum absolute atomic E-state index is 11.4. The standard InChI is InChI=1S/C10H21NO3/c1-9(2,3)14-7(12)6-10(4,5)8(11)13/h8,13H,6,11H2,1-5H3. The largest absolute Gasteiger partial charge is 0.460 e. The second kappa shape index (κ2) is 4.28. The van der Waals surface area contributed by atoms with E-state index < -0.39 is 17.2 Å². The maximum atomic E-state index is 11.4. The van der Waals surface area contributed by atoms with Gasteiger partial charge in [0.1, 0.15) is 11.8 Å². The number of rotatable bonds is 3. The molecular formula is C10H21NO3. The number of carbonyl (C=O) groups excluding carboxylic acids is 1. The molecule has 0 aromatic rings. The summed E-state index contributed by atoms with van der Waals surface area (Å²) in [6.07, 6.45) is -0.905. The molecule has 1 unspecified atom stereocenters. The van der Waals surface area contributed by atoms with Crippen molar-refractivity contribution in [2.45, 2.75) is 52.9 Å². The van der Waals surface area contributed by atoms with Gasteiger partial charge < -0.3 is 15.6 Å². The van der Waals surface area contributed by atoms with Crippen molar-refractivity contribution in [1.29, 1.82) is 0 Å². The van der Waals surface area contributed by atoms with Crippen LogP contribution in [-0.2, 0) is 9.53 Å². The van der Waals surface area contributed by atoms with Crippen molar-refractivity contribution in [2.75, 3.05) is 0 Å². The maximum Gasteiger partial charge on any atom is 0.307 e. The van der Waals surface area contributed by atoms with Crippen LogP contribution in [0.1, 0.15) is 41.0 Å². The quantitative estimate of drug-likeness (QED) is 0.530.